The van der Waals surface area contributed by atoms with Crippen molar-refractivity contribution in [3.63, 3.8) is 0 Å². The topological polar surface area (TPSA) is 16.1 Å². The summed E-state index contributed by atoms with van der Waals surface area (Å²) < 4.78 is 0. The molecule has 1 saturated heterocycles. The first-order valence-electron chi connectivity index (χ1n) is 9.60. The highest BCUT2D eigenvalue weighted by Gasteiger charge is 2.13. The Labute approximate surface area is 168 Å². The van der Waals surface area contributed by atoms with Crippen LogP contribution in [-0.2, 0) is 0 Å². The lowest BCUT2D eigenvalue weighted by atomic mass is 10.0. The Balaban J connectivity index is 0.00000210. The van der Waals surface area contributed by atoms with Gasteiger partial charge in [-0.3, -0.25) is 4.98 Å². The number of hydrogen-bond acceptors (Lipinski definition) is 2. The molecule has 2 heterocycles. The SMILES string of the molecule is Cc1cnc(C=Cc2cccc3c(C)cccc23)cc1N1CCCCC1.Cl. The van der Waals surface area contributed by atoms with Crippen LogP contribution in [0.15, 0.2) is 48.7 Å². The van der Waals surface area contributed by atoms with Crippen molar-refractivity contribution in [3.05, 3.63) is 71.0 Å². The van der Waals surface area contributed by atoms with Crippen LogP contribution in [0.1, 0.15) is 41.6 Å². The smallest absolute Gasteiger partial charge is 0.0650 e. The minimum Gasteiger partial charge on any atom is -0.371 e. The van der Waals surface area contributed by atoms with Gasteiger partial charge in [0, 0.05) is 25.0 Å². The molecule has 0 radical (unpaired) electrons. The number of piperidine rings is 1. The number of aromatic nitrogens is 1. The highest BCUT2D eigenvalue weighted by molar-refractivity contribution is 5.94. The van der Waals surface area contributed by atoms with Crippen LogP contribution in [0.5, 0.6) is 0 Å². The molecule has 0 unspecified atom stereocenters. The van der Waals surface area contributed by atoms with Crippen LogP contribution in [0.25, 0.3) is 22.9 Å². The molecule has 1 aromatic heterocycles. The zero-order valence-corrected chi connectivity index (χ0v) is 16.9. The molecule has 0 saturated carbocycles. The summed E-state index contributed by atoms with van der Waals surface area (Å²) in [5.41, 5.74) is 6.20. The van der Waals surface area contributed by atoms with Crippen molar-refractivity contribution in [3.8, 4) is 0 Å². The van der Waals surface area contributed by atoms with E-state index in [1.807, 2.05) is 6.20 Å². The Morgan fingerprint density at radius 1 is 0.852 bits per heavy atom. The van der Waals surface area contributed by atoms with Crippen molar-refractivity contribution in [2.24, 2.45) is 0 Å². The number of fused-ring (bicyclic) bond motifs is 1. The van der Waals surface area contributed by atoms with Crippen molar-refractivity contribution in [2.45, 2.75) is 33.1 Å². The first-order valence-corrected chi connectivity index (χ1v) is 9.60. The summed E-state index contributed by atoms with van der Waals surface area (Å²) in [4.78, 5) is 7.15. The number of hydrogen-bond donors (Lipinski definition) is 0. The number of rotatable bonds is 3. The summed E-state index contributed by atoms with van der Waals surface area (Å²) in [5.74, 6) is 0. The molecule has 1 aliphatic rings. The lowest BCUT2D eigenvalue weighted by molar-refractivity contribution is 0.577. The van der Waals surface area contributed by atoms with Gasteiger partial charge in [0.25, 0.3) is 0 Å². The zero-order chi connectivity index (χ0) is 17.9. The Kier molecular flexibility index (Phi) is 6.18. The molecule has 3 aromatic rings. The first kappa shape index (κ1) is 19.4. The van der Waals surface area contributed by atoms with Crippen molar-refractivity contribution in [1.82, 2.24) is 4.98 Å². The number of anilines is 1. The molecule has 140 valence electrons. The van der Waals surface area contributed by atoms with Crippen molar-refractivity contribution >= 4 is 41.0 Å². The molecule has 0 bridgehead atoms. The van der Waals surface area contributed by atoms with Gasteiger partial charge in [-0.25, -0.2) is 0 Å². The predicted molar refractivity (Wildman–Crippen MR) is 120 cm³/mol. The minimum atomic E-state index is 0. The van der Waals surface area contributed by atoms with E-state index < -0.39 is 0 Å². The average molecular weight is 379 g/mol. The fourth-order valence-electron chi connectivity index (χ4n) is 3.91. The maximum Gasteiger partial charge on any atom is 0.0650 e. The Morgan fingerprint density at radius 3 is 2.41 bits per heavy atom. The van der Waals surface area contributed by atoms with Crippen LogP contribution in [0.2, 0.25) is 0 Å². The van der Waals surface area contributed by atoms with Crippen LogP contribution >= 0.6 is 12.4 Å². The van der Waals surface area contributed by atoms with E-state index in [0.717, 1.165) is 18.8 Å². The number of nitrogens with zero attached hydrogens (tertiary/aromatic N) is 2. The lowest BCUT2D eigenvalue weighted by Crippen LogP contribution is -2.30. The maximum absolute atomic E-state index is 4.63. The number of benzene rings is 2. The van der Waals surface area contributed by atoms with Gasteiger partial charge >= 0.3 is 0 Å². The van der Waals surface area contributed by atoms with Gasteiger partial charge in [0.05, 0.1) is 5.69 Å². The lowest BCUT2D eigenvalue weighted by Gasteiger charge is -2.30. The quantitative estimate of drug-likeness (QED) is 0.521. The van der Waals surface area contributed by atoms with Crippen molar-refractivity contribution in [1.29, 1.82) is 0 Å². The monoisotopic (exact) mass is 378 g/mol. The van der Waals surface area contributed by atoms with Crippen LogP contribution < -0.4 is 4.90 Å². The standard InChI is InChI=1S/C24H26N2.ClH/c1-18-8-6-11-23-20(9-7-10-22(18)23)12-13-21-16-24(19(2)17-25-21)26-14-4-3-5-15-26;/h6-13,16-17H,3-5,14-15H2,1-2H3;1H. The van der Waals surface area contributed by atoms with Crippen LogP contribution in [-0.4, -0.2) is 18.1 Å². The number of aryl methyl sites for hydroxylation is 2. The van der Waals surface area contributed by atoms with Gasteiger partial charge < -0.3 is 4.90 Å². The van der Waals surface area contributed by atoms with Crippen LogP contribution in [0, 0.1) is 13.8 Å². The van der Waals surface area contributed by atoms with Gasteiger partial charge in [0.2, 0.25) is 0 Å². The molecule has 0 spiro atoms. The summed E-state index contributed by atoms with van der Waals surface area (Å²) in [5, 5.41) is 2.62. The third-order valence-corrected chi connectivity index (χ3v) is 5.40. The largest absolute Gasteiger partial charge is 0.371 e. The normalized spacial score (nSPS) is 14.5. The molecular weight excluding hydrogens is 352 g/mol. The van der Waals surface area contributed by atoms with E-state index in [4.69, 9.17) is 0 Å². The summed E-state index contributed by atoms with van der Waals surface area (Å²) in [6.07, 6.45) is 10.3. The second kappa shape index (κ2) is 8.58. The third kappa shape index (κ3) is 4.17. The van der Waals surface area contributed by atoms with Gasteiger partial charge in [-0.2, -0.15) is 0 Å². The molecule has 0 N–H and O–H groups in total. The van der Waals surface area contributed by atoms with Crippen molar-refractivity contribution in [2.75, 3.05) is 18.0 Å². The van der Waals surface area contributed by atoms with Crippen LogP contribution in [0.3, 0.4) is 0 Å². The van der Waals surface area contributed by atoms with E-state index in [9.17, 15) is 0 Å². The molecule has 1 fully saturated rings. The highest BCUT2D eigenvalue weighted by atomic mass is 35.5. The molecule has 3 heteroatoms. The Bertz CT molecular complexity index is 956. The summed E-state index contributed by atoms with van der Waals surface area (Å²) in [6.45, 7) is 6.66. The van der Waals surface area contributed by atoms with Gasteiger partial charge in [-0.15, -0.1) is 12.4 Å². The molecular formula is C24H27ClN2. The number of pyridine rings is 1. The number of halogens is 1. The van der Waals surface area contributed by atoms with E-state index in [-0.39, 0.29) is 12.4 Å². The maximum atomic E-state index is 4.63. The van der Waals surface area contributed by atoms with E-state index in [1.54, 1.807) is 0 Å². The minimum absolute atomic E-state index is 0. The summed E-state index contributed by atoms with van der Waals surface area (Å²) >= 11 is 0. The van der Waals surface area contributed by atoms with Crippen LogP contribution in [0.4, 0.5) is 5.69 Å². The molecule has 4 rings (SSSR count). The summed E-state index contributed by atoms with van der Waals surface area (Å²) in [7, 11) is 0. The second-order valence-electron chi connectivity index (χ2n) is 7.29. The Morgan fingerprint density at radius 2 is 1.59 bits per heavy atom. The average Bonchev–Trinajstić information content (AvgIpc) is 2.68. The third-order valence-electron chi connectivity index (χ3n) is 5.40. The van der Waals surface area contributed by atoms with E-state index in [2.05, 4.69) is 78.3 Å². The predicted octanol–water partition coefficient (Wildman–Crippen LogP) is 6.43. The molecule has 1 aliphatic heterocycles. The second-order valence-corrected chi connectivity index (χ2v) is 7.29. The van der Waals surface area contributed by atoms with Crippen molar-refractivity contribution < 1.29 is 0 Å². The molecule has 0 aliphatic carbocycles. The van der Waals surface area contributed by atoms with Gasteiger partial charge in [-0.1, -0.05) is 42.5 Å². The van der Waals surface area contributed by atoms with Gasteiger partial charge in [0.15, 0.2) is 0 Å². The fourth-order valence-corrected chi connectivity index (χ4v) is 3.91. The summed E-state index contributed by atoms with van der Waals surface area (Å²) in [6, 6.07) is 15.3. The molecule has 2 aromatic carbocycles. The van der Waals surface area contributed by atoms with E-state index in [0.29, 0.717) is 0 Å². The van der Waals surface area contributed by atoms with Gasteiger partial charge in [0.1, 0.15) is 0 Å². The van der Waals surface area contributed by atoms with Gasteiger partial charge in [-0.05, 0) is 72.7 Å². The first-order chi connectivity index (χ1) is 12.7. The Hall–Kier alpha value is -2.32. The molecule has 27 heavy (non-hydrogen) atoms. The zero-order valence-electron chi connectivity index (χ0n) is 16.1. The highest BCUT2D eigenvalue weighted by Crippen LogP contribution is 2.26. The molecule has 0 amide bonds. The van der Waals surface area contributed by atoms with E-state index >= 15 is 0 Å². The molecule has 2 nitrogen and oxygen atoms in total. The molecule has 0 atom stereocenters. The van der Waals surface area contributed by atoms with E-state index in [1.165, 1.54) is 52.4 Å². The fraction of sp³-hybridized carbons (Fsp3) is 0.292.